The molecule has 1 aromatic heterocycles. The van der Waals surface area contributed by atoms with Crippen molar-refractivity contribution in [2.24, 2.45) is 0 Å². The van der Waals surface area contributed by atoms with E-state index in [2.05, 4.69) is 18.7 Å². The average molecular weight is 196 g/mol. The van der Waals surface area contributed by atoms with Gasteiger partial charge in [0.1, 0.15) is 19.2 Å². The minimum absolute atomic E-state index is 0.941. The highest BCUT2D eigenvalue weighted by Crippen LogP contribution is 2.26. The molecule has 0 spiro atoms. The summed E-state index contributed by atoms with van der Waals surface area (Å²) in [6.45, 7) is 5.83. The number of hydrogen-bond acceptors (Lipinski definition) is 1. The molecule has 0 atom stereocenters. The Morgan fingerprint density at radius 1 is 1.40 bits per heavy atom. The first kappa shape index (κ1) is 9.84. The molecule has 0 saturated carbocycles. The van der Waals surface area contributed by atoms with Gasteiger partial charge in [-0.25, -0.2) is 0 Å². The first-order chi connectivity index (χ1) is 7.18. The molecule has 0 amide bonds. The minimum Gasteiger partial charge on any atom is -0.461 e. The second-order valence-electron chi connectivity index (χ2n) is 3.75. The summed E-state index contributed by atoms with van der Waals surface area (Å²) in [7, 11) is 1.98. The van der Waals surface area contributed by atoms with Gasteiger partial charge in [-0.15, -0.1) is 6.58 Å². The Kier molecular flexibility index (Phi) is 2.50. The van der Waals surface area contributed by atoms with E-state index in [0.717, 1.165) is 27.8 Å². The summed E-state index contributed by atoms with van der Waals surface area (Å²) in [5.74, 6) is 0.953. The van der Waals surface area contributed by atoms with E-state index < -0.39 is 0 Å². The summed E-state index contributed by atoms with van der Waals surface area (Å²) in [6.07, 6.45) is 4.06. The van der Waals surface area contributed by atoms with Gasteiger partial charge in [-0.1, -0.05) is 35.8 Å². The minimum atomic E-state index is 0.941. The molecule has 2 rings (SSSR count). The zero-order valence-corrected chi connectivity index (χ0v) is 9.08. The molecule has 0 aliphatic heterocycles. The average Bonchev–Trinajstić information content (AvgIpc) is 2.50. The lowest BCUT2D eigenvalue weighted by molar-refractivity contribution is 0.577. The lowest BCUT2D eigenvalue weighted by Gasteiger charge is -1.91. The molecule has 0 bridgehead atoms. The maximum Gasteiger partial charge on any atom is 0.138 e. The lowest BCUT2D eigenvalue weighted by Crippen LogP contribution is -1.74. The number of hydrogen-bond donors (Lipinski definition) is 0. The van der Waals surface area contributed by atoms with Crippen LogP contribution in [0.1, 0.15) is 11.3 Å². The van der Waals surface area contributed by atoms with Gasteiger partial charge in [-0.2, -0.15) is 0 Å². The Balaban J connectivity index is 2.59. The normalized spacial score (nSPS) is 11.3. The maximum absolute atomic E-state index is 5.65. The van der Waals surface area contributed by atoms with E-state index in [-0.39, 0.29) is 0 Å². The highest BCUT2D eigenvalue weighted by molar-refractivity contribution is 6.23. The number of aryl methyl sites for hydroxylation is 1. The van der Waals surface area contributed by atoms with Crippen LogP contribution in [0.25, 0.3) is 17.0 Å². The standard InChI is InChI=1S/C13H13BO/c1-9(14)7-8-11-10(2)15-13-6-4-3-5-12(11)13/h3-8H,1,14H2,2H3/b8-7-. The van der Waals surface area contributed by atoms with Crippen LogP contribution in [0, 0.1) is 6.92 Å². The van der Waals surface area contributed by atoms with Crippen molar-refractivity contribution in [1.29, 1.82) is 0 Å². The zero-order valence-electron chi connectivity index (χ0n) is 9.08. The van der Waals surface area contributed by atoms with Crippen molar-refractivity contribution < 1.29 is 4.42 Å². The van der Waals surface area contributed by atoms with Gasteiger partial charge in [-0.3, -0.25) is 0 Å². The van der Waals surface area contributed by atoms with Gasteiger partial charge in [-0.05, 0) is 13.0 Å². The van der Waals surface area contributed by atoms with Crippen molar-refractivity contribution >= 4 is 24.9 Å². The first-order valence-corrected chi connectivity index (χ1v) is 5.00. The van der Waals surface area contributed by atoms with Crippen molar-refractivity contribution in [2.45, 2.75) is 6.92 Å². The number of rotatable bonds is 2. The zero-order chi connectivity index (χ0) is 10.8. The van der Waals surface area contributed by atoms with Crippen molar-refractivity contribution in [3.8, 4) is 0 Å². The molecule has 0 N–H and O–H groups in total. The number of allylic oxidation sites excluding steroid dienone is 2. The Bertz CT molecular complexity index is 534. The van der Waals surface area contributed by atoms with E-state index in [1.165, 1.54) is 0 Å². The van der Waals surface area contributed by atoms with Crippen LogP contribution in [0.4, 0.5) is 0 Å². The number of para-hydroxylation sites is 1. The molecule has 0 fully saturated rings. The van der Waals surface area contributed by atoms with Crippen LogP contribution in [0.5, 0.6) is 0 Å². The lowest BCUT2D eigenvalue weighted by atomic mass is 9.96. The van der Waals surface area contributed by atoms with Gasteiger partial charge >= 0.3 is 0 Å². The molecular weight excluding hydrogens is 183 g/mol. The Morgan fingerprint density at radius 3 is 2.87 bits per heavy atom. The topological polar surface area (TPSA) is 13.1 Å². The van der Waals surface area contributed by atoms with Crippen LogP contribution in [0.15, 0.2) is 46.8 Å². The van der Waals surface area contributed by atoms with Crippen LogP contribution in [-0.4, -0.2) is 7.85 Å². The predicted molar refractivity (Wildman–Crippen MR) is 67.7 cm³/mol. The Labute approximate surface area is 90.5 Å². The van der Waals surface area contributed by atoms with E-state index in [4.69, 9.17) is 4.42 Å². The van der Waals surface area contributed by atoms with E-state index >= 15 is 0 Å². The van der Waals surface area contributed by atoms with Crippen LogP contribution >= 0.6 is 0 Å². The SMILES string of the molecule is BC(=C)/C=C\c1c(C)oc2ccccc12. The van der Waals surface area contributed by atoms with Crippen molar-refractivity contribution in [3.05, 3.63) is 53.7 Å². The van der Waals surface area contributed by atoms with Crippen LogP contribution in [0.2, 0.25) is 0 Å². The summed E-state index contributed by atoms with van der Waals surface area (Å²) in [4.78, 5) is 0. The summed E-state index contributed by atoms with van der Waals surface area (Å²) in [5.41, 5.74) is 3.13. The van der Waals surface area contributed by atoms with Gasteiger partial charge in [0.05, 0.1) is 0 Å². The molecular formula is C13H13BO. The second-order valence-corrected chi connectivity index (χ2v) is 3.75. The fourth-order valence-corrected chi connectivity index (χ4v) is 1.62. The summed E-state index contributed by atoms with van der Waals surface area (Å²) >= 11 is 0. The smallest absolute Gasteiger partial charge is 0.138 e. The van der Waals surface area contributed by atoms with Crippen LogP contribution < -0.4 is 0 Å². The van der Waals surface area contributed by atoms with E-state index in [9.17, 15) is 0 Å². The van der Waals surface area contributed by atoms with Gasteiger partial charge in [0, 0.05) is 10.9 Å². The highest BCUT2D eigenvalue weighted by Gasteiger charge is 2.06. The van der Waals surface area contributed by atoms with Crippen LogP contribution in [0.3, 0.4) is 0 Å². The second kappa shape index (κ2) is 3.81. The molecule has 0 aliphatic rings. The van der Waals surface area contributed by atoms with E-state index in [0.29, 0.717) is 0 Å². The third-order valence-electron chi connectivity index (χ3n) is 2.35. The molecule has 0 unspecified atom stereocenters. The van der Waals surface area contributed by atoms with Gasteiger partial charge in [0.25, 0.3) is 0 Å². The number of benzene rings is 1. The molecule has 1 aromatic carbocycles. The summed E-state index contributed by atoms with van der Waals surface area (Å²) in [5, 5.41) is 1.16. The fraction of sp³-hybridized carbons (Fsp3) is 0.0769. The highest BCUT2D eigenvalue weighted by atomic mass is 16.3. The fourth-order valence-electron chi connectivity index (χ4n) is 1.62. The van der Waals surface area contributed by atoms with E-state index in [1.54, 1.807) is 0 Å². The van der Waals surface area contributed by atoms with Gasteiger partial charge < -0.3 is 4.42 Å². The molecule has 1 nitrogen and oxygen atoms in total. The molecule has 15 heavy (non-hydrogen) atoms. The van der Waals surface area contributed by atoms with Crippen molar-refractivity contribution in [1.82, 2.24) is 0 Å². The third kappa shape index (κ3) is 1.89. The van der Waals surface area contributed by atoms with E-state index in [1.807, 2.05) is 39.0 Å². The Morgan fingerprint density at radius 2 is 2.13 bits per heavy atom. The number of fused-ring (bicyclic) bond motifs is 1. The predicted octanol–water partition coefficient (Wildman–Crippen LogP) is 2.90. The molecule has 1 heterocycles. The van der Waals surface area contributed by atoms with Gasteiger partial charge in [0.2, 0.25) is 0 Å². The molecule has 0 radical (unpaired) electrons. The summed E-state index contributed by atoms with van der Waals surface area (Å²) < 4.78 is 5.65. The van der Waals surface area contributed by atoms with Crippen molar-refractivity contribution in [2.75, 3.05) is 0 Å². The first-order valence-electron chi connectivity index (χ1n) is 5.00. The largest absolute Gasteiger partial charge is 0.461 e. The monoisotopic (exact) mass is 196 g/mol. The van der Waals surface area contributed by atoms with Crippen molar-refractivity contribution in [3.63, 3.8) is 0 Å². The van der Waals surface area contributed by atoms with Gasteiger partial charge in [0.15, 0.2) is 0 Å². The Hall–Kier alpha value is -1.70. The quantitative estimate of drug-likeness (QED) is 0.531. The molecule has 2 heteroatoms. The summed E-state index contributed by atoms with van der Waals surface area (Å²) in [6, 6.07) is 8.07. The molecule has 0 saturated heterocycles. The third-order valence-corrected chi connectivity index (χ3v) is 2.35. The number of furan rings is 1. The molecule has 2 aromatic rings. The molecule has 0 aliphatic carbocycles. The molecule has 74 valence electrons. The maximum atomic E-state index is 5.65. The van der Waals surface area contributed by atoms with Crippen LogP contribution in [-0.2, 0) is 0 Å².